The molecule has 5 nitrogen and oxygen atoms in total. The van der Waals surface area contributed by atoms with Crippen molar-refractivity contribution in [3.8, 4) is 0 Å². The lowest BCUT2D eigenvalue weighted by atomic mass is 9.92. The molecule has 2 heterocycles. The number of esters is 1. The van der Waals surface area contributed by atoms with Crippen LogP contribution in [0.1, 0.15) is 60.3 Å². The van der Waals surface area contributed by atoms with E-state index in [1.807, 2.05) is 38.1 Å². The zero-order valence-electron chi connectivity index (χ0n) is 21.0. The Balaban J connectivity index is 1.46. The molecule has 1 aliphatic rings. The molecule has 2 aromatic carbocycles. The molecule has 34 heavy (non-hydrogen) atoms. The lowest BCUT2D eigenvalue weighted by Crippen LogP contribution is -2.43. The number of methoxy groups -OCH3 is 1. The van der Waals surface area contributed by atoms with Crippen molar-refractivity contribution in [1.82, 2.24) is 9.47 Å². The Hall–Kier alpha value is -2.63. The van der Waals surface area contributed by atoms with Gasteiger partial charge in [-0.2, -0.15) is 0 Å². The molecule has 4 rings (SSSR count). The number of nitrogens with zero attached hydrogens (tertiary/aromatic N) is 2. The third-order valence-electron chi connectivity index (χ3n) is 7.20. The molecule has 1 aromatic heterocycles. The number of rotatable bonds is 8. The molecular formula is C29H38N2O3. The fraction of sp³-hybridized carbons (Fsp3) is 0.483. The smallest absolute Gasteiger partial charge is 0.337 e. The Kier molecular flexibility index (Phi) is 7.44. The van der Waals surface area contributed by atoms with Crippen LogP contribution in [0.4, 0.5) is 0 Å². The summed E-state index contributed by atoms with van der Waals surface area (Å²) >= 11 is 0. The molecule has 0 spiro atoms. The van der Waals surface area contributed by atoms with Gasteiger partial charge >= 0.3 is 5.97 Å². The molecule has 1 aliphatic heterocycles. The molecule has 182 valence electrons. The van der Waals surface area contributed by atoms with Crippen molar-refractivity contribution in [1.29, 1.82) is 0 Å². The first-order valence-corrected chi connectivity index (χ1v) is 12.4. The van der Waals surface area contributed by atoms with Crippen molar-refractivity contribution in [3.63, 3.8) is 0 Å². The molecule has 1 N–H and O–H groups in total. The molecule has 0 amide bonds. The summed E-state index contributed by atoms with van der Waals surface area (Å²) in [6.45, 7) is 9.97. The molecule has 0 aliphatic carbocycles. The highest BCUT2D eigenvalue weighted by Gasteiger charge is 2.24. The molecule has 1 fully saturated rings. The first-order valence-electron chi connectivity index (χ1n) is 12.4. The summed E-state index contributed by atoms with van der Waals surface area (Å²) in [6, 6.07) is 16.5. The number of likely N-dealkylation sites (tertiary alicyclic amines) is 1. The van der Waals surface area contributed by atoms with Gasteiger partial charge in [0.05, 0.1) is 18.3 Å². The van der Waals surface area contributed by atoms with Gasteiger partial charge in [-0.05, 0) is 94.8 Å². The monoisotopic (exact) mass is 462 g/mol. The fourth-order valence-electron chi connectivity index (χ4n) is 5.39. The molecule has 3 aromatic rings. The van der Waals surface area contributed by atoms with Crippen LogP contribution in [0.5, 0.6) is 0 Å². The van der Waals surface area contributed by atoms with Crippen molar-refractivity contribution in [2.24, 2.45) is 5.92 Å². The van der Waals surface area contributed by atoms with Gasteiger partial charge < -0.3 is 19.3 Å². The molecule has 5 heteroatoms. The van der Waals surface area contributed by atoms with Crippen molar-refractivity contribution in [2.75, 3.05) is 26.7 Å². The zero-order valence-corrected chi connectivity index (χ0v) is 21.0. The number of aromatic nitrogens is 1. The summed E-state index contributed by atoms with van der Waals surface area (Å²) in [4.78, 5) is 14.2. The second-order valence-corrected chi connectivity index (χ2v) is 10.4. The third kappa shape index (κ3) is 5.70. The molecule has 1 saturated heterocycles. The number of aryl methyl sites for hydroxylation is 1. The van der Waals surface area contributed by atoms with Crippen molar-refractivity contribution >= 4 is 16.9 Å². The number of ether oxygens (including phenoxy) is 1. The predicted octanol–water partition coefficient (Wildman–Crippen LogP) is 5.20. The standard InChI is InChI=1S/C29H38N2O3/c1-21-26(19-23-9-11-24(12-10-23)28(32)34-4)25-7-5-6-8-27(25)31(21)18-15-22-13-16-30(17-14-22)20-29(2,3)33/h5-12,22,33H,13-20H2,1-4H3. The summed E-state index contributed by atoms with van der Waals surface area (Å²) in [7, 11) is 1.41. The van der Waals surface area contributed by atoms with Gasteiger partial charge in [-0.3, -0.25) is 0 Å². The van der Waals surface area contributed by atoms with E-state index < -0.39 is 5.60 Å². The quantitative estimate of drug-likeness (QED) is 0.468. The van der Waals surface area contributed by atoms with Crippen LogP contribution in [0.3, 0.4) is 0 Å². The normalized spacial score (nSPS) is 15.7. The largest absolute Gasteiger partial charge is 0.465 e. The van der Waals surface area contributed by atoms with Gasteiger partial charge in [-0.15, -0.1) is 0 Å². The minimum Gasteiger partial charge on any atom is -0.465 e. The van der Waals surface area contributed by atoms with Crippen molar-refractivity contribution < 1.29 is 14.6 Å². The minimum absolute atomic E-state index is 0.301. The zero-order chi connectivity index (χ0) is 24.3. The summed E-state index contributed by atoms with van der Waals surface area (Å²) in [5.41, 5.74) is 5.15. The maximum absolute atomic E-state index is 11.8. The molecular weight excluding hydrogens is 424 g/mol. The summed E-state index contributed by atoms with van der Waals surface area (Å²) < 4.78 is 7.32. The van der Waals surface area contributed by atoms with Crippen LogP contribution in [-0.4, -0.2) is 52.9 Å². The topological polar surface area (TPSA) is 54.7 Å². The van der Waals surface area contributed by atoms with Crippen LogP contribution < -0.4 is 0 Å². The molecule has 0 saturated carbocycles. The SMILES string of the molecule is COC(=O)c1ccc(Cc2c(C)n(CCC3CCN(CC(C)(C)O)CC3)c3ccccc23)cc1. The average Bonchev–Trinajstić information content (AvgIpc) is 3.08. The highest BCUT2D eigenvalue weighted by Crippen LogP contribution is 2.30. The molecule has 0 unspecified atom stereocenters. The summed E-state index contributed by atoms with van der Waals surface area (Å²) in [6.07, 6.45) is 4.43. The van der Waals surface area contributed by atoms with Gasteiger partial charge in [0, 0.05) is 29.7 Å². The van der Waals surface area contributed by atoms with Crippen molar-refractivity contribution in [2.45, 2.75) is 58.6 Å². The highest BCUT2D eigenvalue weighted by atomic mass is 16.5. The second kappa shape index (κ2) is 10.3. The maximum atomic E-state index is 11.8. The number of benzene rings is 2. The van der Waals surface area contributed by atoms with E-state index in [0.29, 0.717) is 5.56 Å². The summed E-state index contributed by atoms with van der Waals surface area (Å²) in [5.74, 6) is 0.429. The minimum atomic E-state index is -0.621. The number of aliphatic hydroxyl groups is 1. The van der Waals surface area contributed by atoms with E-state index in [4.69, 9.17) is 4.74 Å². The van der Waals surface area contributed by atoms with E-state index in [1.165, 1.54) is 54.1 Å². The Bertz CT molecular complexity index is 1120. The molecule has 0 atom stereocenters. The third-order valence-corrected chi connectivity index (χ3v) is 7.20. The molecule has 0 bridgehead atoms. The number of fused-ring (bicyclic) bond motifs is 1. The summed E-state index contributed by atoms with van der Waals surface area (Å²) in [5, 5.41) is 11.4. The van der Waals surface area contributed by atoms with Crippen LogP contribution in [0.25, 0.3) is 10.9 Å². The van der Waals surface area contributed by atoms with E-state index >= 15 is 0 Å². The number of carbonyl (C=O) groups excluding carboxylic acids is 1. The Morgan fingerprint density at radius 1 is 1.09 bits per heavy atom. The van der Waals surface area contributed by atoms with Crippen LogP contribution in [0, 0.1) is 12.8 Å². The van der Waals surface area contributed by atoms with E-state index in [9.17, 15) is 9.90 Å². The first-order chi connectivity index (χ1) is 16.2. The van der Waals surface area contributed by atoms with E-state index in [1.54, 1.807) is 0 Å². The number of hydrogen-bond acceptors (Lipinski definition) is 4. The van der Waals surface area contributed by atoms with Gasteiger partial charge in [0.1, 0.15) is 0 Å². The van der Waals surface area contributed by atoms with Gasteiger partial charge in [0.15, 0.2) is 0 Å². The van der Waals surface area contributed by atoms with E-state index in [0.717, 1.165) is 38.5 Å². The highest BCUT2D eigenvalue weighted by molar-refractivity contribution is 5.89. The number of piperidine rings is 1. The van der Waals surface area contributed by atoms with Crippen LogP contribution in [0.2, 0.25) is 0 Å². The lowest BCUT2D eigenvalue weighted by molar-refractivity contribution is 0.0237. The second-order valence-electron chi connectivity index (χ2n) is 10.4. The lowest BCUT2D eigenvalue weighted by Gasteiger charge is -2.35. The van der Waals surface area contributed by atoms with E-state index in [-0.39, 0.29) is 5.97 Å². The Morgan fingerprint density at radius 3 is 2.41 bits per heavy atom. The van der Waals surface area contributed by atoms with Crippen LogP contribution in [-0.2, 0) is 17.7 Å². The fourth-order valence-corrected chi connectivity index (χ4v) is 5.39. The van der Waals surface area contributed by atoms with E-state index in [2.05, 4.69) is 40.7 Å². The van der Waals surface area contributed by atoms with Crippen LogP contribution in [0.15, 0.2) is 48.5 Å². The molecule has 0 radical (unpaired) electrons. The average molecular weight is 463 g/mol. The maximum Gasteiger partial charge on any atom is 0.337 e. The number of hydrogen-bond donors (Lipinski definition) is 1. The number of carbonyl (C=O) groups is 1. The first kappa shape index (κ1) is 24.5. The van der Waals surface area contributed by atoms with Crippen LogP contribution >= 0.6 is 0 Å². The van der Waals surface area contributed by atoms with Crippen molar-refractivity contribution in [3.05, 3.63) is 70.9 Å². The van der Waals surface area contributed by atoms with Gasteiger partial charge in [0.2, 0.25) is 0 Å². The Morgan fingerprint density at radius 2 is 1.76 bits per heavy atom. The van der Waals surface area contributed by atoms with Gasteiger partial charge in [-0.1, -0.05) is 30.3 Å². The number of para-hydroxylation sites is 1. The number of β-amino-alcohol motifs (C(OH)–C–C–N with tert-alkyl or cyclic N) is 1. The van der Waals surface area contributed by atoms with Gasteiger partial charge in [0.25, 0.3) is 0 Å². The Labute approximate surface area is 203 Å². The predicted molar refractivity (Wildman–Crippen MR) is 137 cm³/mol. The van der Waals surface area contributed by atoms with Gasteiger partial charge in [-0.25, -0.2) is 4.79 Å².